The largest absolute Gasteiger partial charge is 0.312 e. The fourth-order valence-corrected chi connectivity index (χ4v) is 4.92. The Morgan fingerprint density at radius 3 is 2.32 bits per heavy atom. The molecule has 1 aromatic heterocycles. The highest BCUT2D eigenvalue weighted by molar-refractivity contribution is 7.85. The summed E-state index contributed by atoms with van der Waals surface area (Å²) in [6, 6.07) is 13.1. The molecule has 0 saturated heterocycles. The number of rotatable bonds is 4. The first-order chi connectivity index (χ1) is 14.5. The van der Waals surface area contributed by atoms with Gasteiger partial charge in [0.05, 0.1) is 23.5 Å². The van der Waals surface area contributed by atoms with Gasteiger partial charge in [0.25, 0.3) is 5.91 Å². The number of hydrogen-bond acceptors (Lipinski definition) is 5. The zero-order valence-corrected chi connectivity index (χ0v) is 18.3. The van der Waals surface area contributed by atoms with E-state index in [2.05, 4.69) is 4.98 Å². The van der Waals surface area contributed by atoms with Crippen molar-refractivity contribution in [1.29, 1.82) is 5.26 Å². The minimum Gasteiger partial charge on any atom is -0.283 e. The highest BCUT2D eigenvalue weighted by Gasteiger charge is 2.51. The van der Waals surface area contributed by atoms with Crippen molar-refractivity contribution < 1.29 is 17.8 Å². The average Bonchev–Trinajstić information content (AvgIpc) is 3.21. The summed E-state index contributed by atoms with van der Waals surface area (Å²) in [5.74, 6) is -0.477. The van der Waals surface area contributed by atoms with Gasteiger partial charge >= 0.3 is 10.1 Å². The molecule has 1 amide bonds. The van der Waals surface area contributed by atoms with E-state index in [-0.39, 0.29) is 22.4 Å². The number of nitrogens with zero attached hydrogens (tertiary/aromatic N) is 4. The monoisotopic (exact) mass is 476 g/mol. The molecule has 0 radical (unpaired) electrons. The van der Waals surface area contributed by atoms with Crippen molar-refractivity contribution in [3.8, 4) is 6.07 Å². The molecule has 1 N–H and O–H groups in total. The summed E-state index contributed by atoms with van der Waals surface area (Å²) >= 11 is 12.2. The van der Waals surface area contributed by atoms with Crippen LogP contribution in [0, 0.1) is 11.3 Å². The summed E-state index contributed by atoms with van der Waals surface area (Å²) < 4.78 is 35.0. The second-order valence-corrected chi connectivity index (χ2v) is 9.48. The zero-order chi connectivity index (χ0) is 22.6. The Labute approximate surface area is 188 Å². The van der Waals surface area contributed by atoms with Gasteiger partial charge in [-0.05, 0) is 42.8 Å². The van der Waals surface area contributed by atoms with E-state index in [1.54, 1.807) is 31.2 Å². The van der Waals surface area contributed by atoms with Gasteiger partial charge in [0, 0.05) is 16.5 Å². The summed E-state index contributed by atoms with van der Waals surface area (Å²) in [6.45, 7) is 1.56. The zero-order valence-electron chi connectivity index (χ0n) is 16.0. The van der Waals surface area contributed by atoms with Gasteiger partial charge in [-0.15, -0.1) is 0 Å². The number of fused-ring (bicyclic) bond motifs is 1. The third-order valence-electron chi connectivity index (χ3n) is 5.07. The van der Waals surface area contributed by atoms with Gasteiger partial charge in [-0.25, -0.2) is 9.88 Å². The number of benzene rings is 2. The number of aromatic nitrogens is 2. The minimum absolute atomic E-state index is 0.00658. The highest BCUT2D eigenvalue weighted by atomic mass is 35.5. The summed E-state index contributed by atoms with van der Waals surface area (Å²) in [5, 5.41) is 9.05. The Morgan fingerprint density at radius 1 is 1.16 bits per heavy atom. The topological polar surface area (TPSA) is 116 Å². The number of nitriles is 1. The first-order valence-electron chi connectivity index (χ1n) is 8.90. The molecule has 158 valence electrons. The lowest BCUT2D eigenvalue weighted by Crippen LogP contribution is -2.41. The van der Waals surface area contributed by atoms with E-state index in [1.807, 2.05) is 6.07 Å². The molecule has 1 atom stereocenters. The van der Waals surface area contributed by atoms with Crippen LogP contribution in [0.2, 0.25) is 10.0 Å². The van der Waals surface area contributed by atoms with Crippen molar-refractivity contribution in [2.24, 2.45) is 0 Å². The summed E-state index contributed by atoms with van der Waals surface area (Å²) in [6.07, 6.45) is 1.07. The number of carbonyl (C=O) groups excluding carboxylic acids is 1. The van der Waals surface area contributed by atoms with Gasteiger partial charge in [-0.1, -0.05) is 35.3 Å². The molecule has 3 aromatic rings. The Hall–Kier alpha value is -2.90. The van der Waals surface area contributed by atoms with Gasteiger partial charge < -0.3 is 0 Å². The van der Waals surface area contributed by atoms with Crippen molar-refractivity contribution in [1.82, 2.24) is 9.55 Å². The third-order valence-corrected chi connectivity index (χ3v) is 6.32. The van der Waals surface area contributed by atoms with Crippen LogP contribution in [0.5, 0.6) is 0 Å². The predicted octanol–water partition coefficient (Wildman–Crippen LogP) is 3.94. The SMILES string of the molecule is CC1(Cc2ccc(C#N)cc2)C(=O)N(c2cc(Cl)cc(Cl)c2)c2ncc(S(=O)(=O)O)n21. The molecule has 0 saturated carbocycles. The van der Waals surface area contributed by atoms with Crippen LogP contribution >= 0.6 is 23.2 Å². The number of carbonyl (C=O) groups is 1. The van der Waals surface area contributed by atoms with Crippen molar-refractivity contribution in [2.45, 2.75) is 23.9 Å². The molecule has 11 heteroatoms. The Kier molecular flexibility index (Phi) is 5.06. The van der Waals surface area contributed by atoms with Crippen molar-refractivity contribution in [3.63, 3.8) is 0 Å². The molecule has 2 heterocycles. The molecule has 0 bridgehead atoms. The van der Waals surface area contributed by atoms with Crippen molar-refractivity contribution in [2.75, 3.05) is 4.90 Å². The van der Waals surface area contributed by atoms with Crippen LogP contribution in [0.25, 0.3) is 0 Å². The number of amides is 1. The standard InChI is InChI=1S/C20H14Cl2N4O4S/c1-20(9-12-2-4-13(10-23)5-3-12)18(27)25(16-7-14(21)6-15(22)8-16)19-24-11-17(26(19)20)31(28,29)30/h2-8,11H,9H2,1H3,(H,28,29,30). The molecule has 1 unspecified atom stereocenters. The molecule has 0 aliphatic carbocycles. The summed E-state index contributed by atoms with van der Waals surface area (Å²) in [4.78, 5) is 18.9. The number of imidazole rings is 1. The Morgan fingerprint density at radius 2 is 1.77 bits per heavy atom. The molecule has 31 heavy (non-hydrogen) atoms. The molecule has 0 fully saturated rings. The van der Waals surface area contributed by atoms with Crippen LogP contribution in [-0.2, 0) is 26.9 Å². The van der Waals surface area contributed by atoms with E-state index >= 15 is 0 Å². The lowest BCUT2D eigenvalue weighted by molar-refractivity contribution is -0.124. The van der Waals surface area contributed by atoms with Crippen LogP contribution in [0.1, 0.15) is 18.1 Å². The van der Waals surface area contributed by atoms with E-state index in [9.17, 15) is 17.8 Å². The molecule has 0 spiro atoms. The number of hydrogen-bond donors (Lipinski definition) is 1. The summed E-state index contributed by atoms with van der Waals surface area (Å²) in [5.41, 5.74) is -0.00902. The maximum atomic E-state index is 13.6. The summed E-state index contributed by atoms with van der Waals surface area (Å²) in [7, 11) is -4.68. The van der Waals surface area contributed by atoms with Gasteiger partial charge in [-0.3, -0.25) is 13.9 Å². The Balaban J connectivity index is 1.91. The van der Waals surface area contributed by atoms with E-state index in [4.69, 9.17) is 28.5 Å². The Bertz CT molecular complexity index is 1340. The average molecular weight is 477 g/mol. The van der Waals surface area contributed by atoms with Crippen LogP contribution in [0.4, 0.5) is 11.6 Å². The van der Waals surface area contributed by atoms with Crippen LogP contribution in [-0.4, -0.2) is 28.4 Å². The molecule has 1 aliphatic rings. The van der Waals surface area contributed by atoms with Gasteiger partial charge in [0.15, 0.2) is 5.03 Å². The third kappa shape index (κ3) is 3.58. The second kappa shape index (κ2) is 7.35. The van der Waals surface area contributed by atoms with E-state index in [0.717, 1.165) is 6.20 Å². The van der Waals surface area contributed by atoms with Gasteiger partial charge in [-0.2, -0.15) is 13.7 Å². The molecule has 8 nitrogen and oxygen atoms in total. The van der Waals surface area contributed by atoms with Gasteiger partial charge in [0.2, 0.25) is 5.95 Å². The van der Waals surface area contributed by atoms with E-state index in [0.29, 0.717) is 16.8 Å². The number of halogens is 2. The maximum absolute atomic E-state index is 13.6. The smallest absolute Gasteiger partial charge is 0.283 e. The molecule has 1 aliphatic heterocycles. The quantitative estimate of drug-likeness (QED) is 0.569. The second-order valence-electron chi connectivity index (χ2n) is 7.23. The van der Waals surface area contributed by atoms with Crippen molar-refractivity contribution >= 4 is 50.9 Å². The predicted molar refractivity (Wildman–Crippen MR) is 114 cm³/mol. The maximum Gasteiger partial charge on any atom is 0.312 e. The first-order valence-corrected chi connectivity index (χ1v) is 11.1. The molecule has 2 aromatic carbocycles. The van der Waals surface area contributed by atoms with E-state index < -0.39 is 26.6 Å². The van der Waals surface area contributed by atoms with Gasteiger partial charge in [0.1, 0.15) is 5.54 Å². The minimum atomic E-state index is -4.68. The molecular formula is C20H14Cl2N4O4S. The normalized spacial score (nSPS) is 18.2. The highest BCUT2D eigenvalue weighted by Crippen LogP contribution is 2.44. The number of anilines is 2. The first kappa shape index (κ1) is 21.3. The lowest BCUT2D eigenvalue weighted by atomic mass is 9.91. The van der Waals surface area contributed by atoms with Crippen molar-refractivity contribution in [3.05, 3.63) is 69.8 Å². The fraction of sp³-hybridized carbons (Fsp3) is 0.150. The van der Waals surface area contributed by atoms with E-state index in [1.165, 1.54) is 27.7 Å². The molecular weight excluding hydrogens is 463 g/mol. The fourth-order valence-electron chi connectivity index (χ4n) is 3.71. The molecule has 4 rings (SSSR count). The van der Waals surface area contributed by atoms with Crippen LogP contribution in [0.15, 0.2) is 53.7 Å². The van der Waals surface area contributed by atoms with Crippen LogP contribution in [0.3, 0.4) is 0 Å². The lowest BCUT2D eigenvalue weighted by Gasteiger charge is -2.26. The van der Waals surface area contributed by atoms with Crippen LogP contribution < -0.4 is 4.90 Å².